The molecular formula is C20H32NO2S+. The predicted octanol–water partition coefficient (Wildman–Crippen LogP) is 4.29. The number of carbonyl (C=O) groups excluding carboxylic acids is 1. The van der Waals surface area contributed by atoms with Crippen molar-refractivity contribution in [2.75, 3.05) is 27.2 Å². The Balaban J connectivity index is 1.77. The molecule has 0 radical (unpaired) electrons. The van der Waals surface area contributed by atoms with Crippen molar-refractivity contribution in [1.82, 2.24) is 0 Å². The summed E-state index contributed by atoms with van der Waals surface area (Å²) in [4.78, 5) is 15.7. The molecule has 0 aromatic carbocycles. The average molecular weight is 351 g/mol. The van der Waals surface area contributed by atoms with Gasteiger partial charge in [0.15, 0.2) is 0 Å². The van der Waals surface area contributed by atoms with Gasteiger partial charge in [0.2, 0.25) is 0 Å². The topological polar surface area (TPSA) is 26.3 Å². The highest BCUT2D eigenvalue weighted by Crippen LogP contribution is 2.45. The average Bonchev–Trinajstić information content (AvgIpc) is 3.20. The third kappa shape index (κ3) is 3.55. The Morgan fingerprint density at radius 2 is 1.79 bits per heavy atom. The molecule has 2 fully saturated rings. The summed E-state index contributed by atoms with van der Waals surface area (Å²) in [6, 6.07) is 4.29. The van der Waals surface area contributed by atoms with Crippen LogP contribution in [0.4, 0.5) is 0 Å². The molecule has 134 valence electrons. The number of carbonyl (C=O) groups is 1. The molecule has 1 saturated carbocycles. The van der Waals surface area contributed by atoms with Gasteiger partial charge >= 0.3 is 5.97 Å². The molecule has 1 aromatic heterocycles. The lowest BCUT2D eigenvalue weighted by Gasteiger charge is -2.39. The van der Waals surface area contributed by atoms with Crippen LogP contribution in [0.15, 0.2) is 12.1 Å². The monoisotopic (exact) mass is 350 g/mol. The van der Waals surface area contributed by atoms with E-state index in [0.29, 0.717) is 5.92 Å². The fraction of sp³-hybridized carbons (Fsp3) is 0.750. The Hall–Kier alpha value is -0.870. The van der Waals surface area contributed by atoms with Crippen LogP contribution < -0.4 is 0 Å². The maximum atomic E-state index is 13.3. The minimum Gasteiger partial charge on any atom is -0.461 e. The van der Waals surface area contributed by atoms with Crippen LogP contribution in [0.25, 0.3) is 0 Å². The van der Waals surface area contributed by atoms with Crippen LogP contribution in [0, 0.1) is 12.8 Å². The highest BCUT2D eigenvalue weighted by atomic mass is 32.1. The van der Waals surface area contributed by atoms with Crippen molar-refractivity contribution < 1.29 is 14.0 Å². The first-order valence-corrected chi connectivity index (χ1v) is 10.2. The summed E-state index contributed by atoms with van der Waals surface area (Å²) in [5.41, 5.74) is -0.461. The molecule has 0 amide bonds. The second kappa shape index (κ2) is 6.80. The van der Waals surface area contributed by atoms with Gasteiger partial charge in [0.1, 0.15) is 11.5 Å². The van der Waals surface area contributed by atoms with E-state index in [1.807, 2.05) is 0 Å². The second-order valence-electron chi connectivity index (χ2n) is 8.58. The summed E-state index contributed by atoms with van der Waals surface area (Å²) in [5, 5.41) is 0. The third-order valence-electron chi connectivity index (χ3n) is 6.23. The molecule has 1 atom stereocenters. The number of thiophene rings is 1. The Labute approximate surface area is 150 Å². The highest BCUT2D eigenvalue weighted by Gasteiger charge is 2.47. The van der Waals surface area contributed by atoms with E-state index >= 15 is 0 Å². The maximum absolute atomic E-state index is 13.3. The molecule has 0 spiro atoms. The van der Waals surface area contributed by atoms with Gasteiger partial charge in [-0.15, -0.1) is 11.3 Å². The fourth-order valence-corrected chi connectivity index (χ4v) is 5.40. The SMILES string of the molecule is Cc1ccc([C@@](C)(C(=O)OC2CC[N+](C)(C)CC2)C2CCCC2)s1. The molecule has 1 aliphatic carbocycles. The standard InChI is InChI=1S/C20H32NO2S/c1-15-9-10-18(24-15)20(2,16-7-5-6-8-16)19(22)23-17-11-13-21(3,4)14-12-17/h9-10,16-17H,5-8,11-14H2,1-4H3/q+1/t20-/m0/s1. The molecule has 3 rings (SSSR count). The van der Waals surface area contributed by atoms with E-state index in [1.54, 1.807) is 11.3 Å². The van der Waals surface area contributed by atoms with Gasteiger partial charge in [0.25, 0.3) is 0 Å². The number of hydrogen-bond acceptors (Lipinski definition) is 3. The van der Waals surface area contributed by atoms with Gasteiger partial charge in [-0.05, 0) is 44.7 Å². The van der Waals surface area contributed by atoms with Crippen LogP contribution in [0.3, 0.4) is 0 Å². The van der Waals surface area contributed by atoms with Gasteiger partial charge in [0.05, 0.1) is 27.2 Å². The molecule has 24 heavy (non-hydrogen) atoms. The molecular weight excluding hydrogens is 318 g/mol. The summed E-state index contributed by atoms with van der Waals surface area (Å²) in [6.45, 7) is 6.45. The largest absolute Gasteiger partial charge is 0.461 e. The number of hydrogen-bond donors (Lipinski definition) is 0. The second-order valence-corrected chi connectivity index (χ2v) is 9.87. The lowest BCUT2D eigenvalue weighted by atomic mass is 9.74. The Morgan fingerprint density at radius 1 is 1.17 bits per heavy atom. The van der Waals surface area contributed by atoms with Crippen LogP contribution in [0.5, 0.6) is 0 Å². The Morgan fingerprint density at radius 3 is 2.33 bits per heavy atom. The Bertz CT molecular complexity index is 578. The summed E-state index contributed by atoms with van der Waals surface area (Å²) in [6.07, 6.45) is 6.87. The lowest BCUT2D eigenvalue weighted by Crippen LogP contribution is -2.49. The van der Waals surface area contributed by atoms with E-state index in [-0.39, 0.29) is 12.1 Å². The number of piperidine rings is 1. The normalized spacial score (nSPS) is 24.7. The zero-order valence-corrected chi connectivity index (χ0v) is 16.5. The zero-order chi connectivity index (χ0) is 17.4. The number of quaternary nitrogens is 1. The van der Waals surface area contributed by atoms with Crippen molar-refractivity contribution in [1.29, 1.82) is 0 Å². The minimum atomic E-state index is -0.461. The molecule has 2 aliphatic rings. The van der Waals surface area contributed by atoms with Crippen molar-refractivity contribution in [2.24, 2.45) is 5.92 Å². The number of aryl methyl sites for hydroxylation is 1. The molecule has 4 heteroatoms. The van der Waals surface area contributed by atoms with Gasteiger partial charge in [-0.25, -0.2) is 0 Å². The van der Waals surface area contributed by atoms with Crippen molar-refractivity contribution in [2.45, 2.75) is 63.9 Å². The molecule has 1 saturated heterocycles. The smallest absolute Gasteiger partial charge is 0.317 e. The highest BCUT2D eigenvalue weighted by molar-refractivity contribution is 7.12. The van der Waals surface area contributed by atoms with E-state index in [2.05, 4.69) is 40.1 Å². The molecule has 0 bridgehead atoms. The first-order chi connectivity index (χ1) is 11.3. The van der Waals surface area contributed by atoms with Gasteiger partial charge < -0.3 is 9.22 Å². The number of rotatable bonds is 4. The molecule has 3 nitrogen and oxygen atoms in total. The molecule has 0 N–H and O–H groups in total. The summed E-state index contributed by atoms with van der Waals surface area (Å²) >= 11 is 1.77. The van der Waals surface area contributed by atoms with Gasteiger partial charge in [-0.1, -0.05) is 12.8 Å². The summed E-state index contributed by atoms with van der Waals surface area (Å²) in [7, 11) is 4.52. The van der Waals surface area contributed by atoms with Crippen LogP contribution in [-0.2, 0) is 14.9 Å². The molecule has 0 unspecified atom stereocenters. The number of esters is 1. The Kier molecular flexibility index (Phi) is 5.08. The maximum Gasteiger partial charge on any atom is 0.317 e. The third-order valence-corrected chi connectivity index (χ3v) is 7.47. The van der Waals surface area contributed by atoms with Crippen LogP contribution in [-0.4, -0.2) is 43.7 Å². The quantitative estimate of drug-likeness (QED) is 0.598. The lowest BCUT2D eigenvalue weighted by molar-refractivity contribution is -0.896. The summed E-state index contributed by atoms with van der Waals surface area (Å²) in [5.74, 6) is 0.451. The van der Waals surface area contributed by atoms with Crippen molar-refractivity contribution in [3.63, 3.8) is 0 Å². The van der Waals surface area contributed by atoms with E-state index in [1.165, 1.54) is 22.6 Å². The summed E-state index contributed by atoms with van der Waals surface area (Å²) < 4.78 is 7.12. The molecule has 1 aromatic rings. The van der Waals surface area contributed by atoms with Crippen LogP contribution >= 0.6 is 11.3 Å². The van der Waals surface area contributed by atoms with E-state index in [4.69, 9.17) is 4.74 Å². The van der Waals surface area contributed by atoms with E-state index in [0.717, 1.165) is 43.3 Å². The molecule has 2 heterocycles. The van der Waals surface area contributed by atoms with Crippen LogP contribution in [0.2, 0.25) is 0 Å². The zero-order valence-electron chi connectivity index (χ0n) is 15.6. The van der Waals surface area contributed by atoms with Gasteiger partial charge in [0, 0.05) is 22.6 Å². The first-order valence-electron chi connectivity index (χ1n) is 9.41. The van der Waals surface area contributed by atoms with Gasteiger partial charge in [-0.2, -0.15) is 0 Å². The number of nitrogens with zero attached hydrogens (tertiary/aromatic N) is 1. The van der Waals surface area contributed by atoms with Crippen molar-refractivity contribution >= 4 is 17.3 Å². The van der Waals surface area contributed by atoms with Crippen molar-refractivity contribution in [3.8, 4) is 0 Å². The number of likely N-dealkylation sites (tertiary alicyclic amines) is 1. The van der Waals surface area contributed by atoms with E-state index < -0.39 is 5.41 Å². The first kappa shape index (κ1) is 17.9. The molecule has 1 aliphatic heterocycles. The minimum absolute atomic E-state index is 0.0217. The van der Waals surface area contributed by atoms with Gasteiger partial charge in [-0.3, -0.25) is 4.79 Å². The van der Waals surface area contributed by atoms with Crippen LogP contribution in [0.1, 0.15) is 55.2 Å². The predicted molar refractivity (Wildman–Crippen MR) is 99.3 cm³/mol. The van der Waals surface area contributed by atoms with Crippen molar-refractivity contribution in [3.05, 3.63) is 21.9 Å². The number of ether oxygens (including phenoxy) is 1. The fourth-order valence-electron chi connectivity index (χ4n) is 4.32. The van der Waals surface area contributed by atoms with E-state index in [9.17, 15) is 4.79 Å².